The number of nitrogens with zero attached hydrogens (tertiary/aromatic N) is 1. The van der Waals surface area contributed by atoms with E-state index in [4.69, 9.17) is 4.74 Å². The Kier molecular flexibility index (Phi) is 4.15. The van der Waals surface area contributed by atoms with Crippen molar-refractivity contribution in [1.29, 1.82) is 0 Å². The number of amides is 3. The van der Waals surface area contributed by atoms with Crippen LogP contribution in [0.25, 0.3) is 0 Å². The first-order valence-corrected chi connectivity index (χ1v) is 10.00. The lowest BCUT2D eigenvalue weighted by atomic mass is 9.81. The monoisotopic (exact) mass is 390 g/mol. The molecule has 2 bridgehead atoms. The van der Waals surface area contributed by atoms with E-state index in [0.717, 1.165) is 19.3 Å². The van der Waals surface area contributed by atoms with Gasteiger partial charge in [-0.2, -0.15) is 0 Å². The van der Waals surface area contributed by atoms with E-state index < -0.39 is 0 Å². The van der Waals surface area contributed by atoms with Crippen LogP contribution in [-0.2, 0) is 9.59 Å². The van der Waals surface area contributed by atoms with E-state index in [1.807, 2.05) is 0 Å². The Bertz CT molecular complexity index is 972. The molecule has 2 aromatic carbocycles. The second-order valence-electron chi connectivity index (χ2n) is 8.13. The Labute approximate surface area is 168 Å². The molecule has 1 saturated heterocycles. The van der Waals surface area contributed by atoms with Gasteiger partial charge in [0.1, 0.15) is 5.75 Å². The molecule has 1 aliphatic heterocycles. The number of anilines is 2. The number of rotatable bonds is 4. The molecule has 4 atom stereocenters. The van der Waals surface area contributed by atoms with Crippen molar-refractivity contribution < 1.29 is 19.1 Å². The van der Waals surface area contributed by atoms with Crippen molar-refractivity contribution in [3.05, 3.63) is 54.1 Å². The number of fused-ring (bicyclic) bond motifs is 5. The van der Waals surface area contributed by atoms with E-state index in [2.05, 4.69) is 5.32 Å². The van der Waals surface area contributed by atoms with E-state index in [-0.39, 0.29) is 29.6 Å². The molecule has 0 radical (unpaired) electrons. The molecule has 2 aliphatic carbocycles. The van der Waals surface area contributed by atoms with Crippen LogP contribution < -0.4 is 15.0 Å². The highest BCUT2D eigenvalue weighted by molar-refractivity contribution is 6.23. The summed E-state index contributed by atoms with van der Waals surface area (Å²) in [5.41, 5.74) is 1.52. The minimum atomic E-state index is -0.295. The van der Waals surface area contributed by atoms with Gasteiger partial charge in [0.05, 0.1) is 24.6 Å². The summed E-state index contributed by atoms with van der Waals surface area (Å²) in [6, 6.07) is 13.8. The van der Waals surface area contributed by atoms with Crippen LogP contribution in [-0.4, -0.2) is 24.8 Å². The van der Waals surface area contributed by atoms with Crippen LogP contribution in [0.5, 0.6) is 5.75 Å². The number of carbonyl (C=O) groups is 3. The normalized spacial score (nSPS) is 27.3. The molecule has 2 saturated carbocycles. The Morgan fingerprint density at radius 1 is 1.00 bits per heavy atom. The molecule has 2 aromatic rings. The summed E-state index contributed by atoms with van der Waals surface area (Å²) in [5.74, 6) is 0.559. The van der Waals surface area contributed by atoms with Crippen molar-refractivity contribution in [2.75, 3.05) is 17.3 Å². The standard InChI is InChI=1S/C23H22N2O4/c1-29-18-9-7-16(8-10-18)24-21(26)15-3-2-4-17(12-15)25-22(27)19-13-5-6-14(11-13)20(19)23(25)28/h2-4,7-10,12-14,19-20H,5-6,11H2,1H3,(H,24,26)/t13-,14+,19-,20-/m0/s1. The fourth-order valence-corrected chi connectivity index (χ4v) is 5.33. The lowest BCUT2D eigenvalue weighted by Gasteiger charge is -2.19. The van der Waals surface area contributed by atoms with Gasteiger partial charge in [0.15, 0.2) is 0 Å². The molecule has 6 heteroatoms. The molecule has 1 N–H and O–H groups in total. The van der Waals surface area contributed by atoms with Crippen LogP contribution >= 0.6 is 0 Å². The first-order chi connectivity index (χ1) is 14.1. The fraction of sp³-hybridized carbons (Fsp3) is 0.348. The van der Waals surface area contributed by atoms with Gasteiger partial charge in [0.25, 0.3) is 5.91 Å². The number of carbonyl (C=O) groups excluding carboxylic acids is 3. The van der Waals surface area contributed by atoms with E-state index >= 15 is 0 Å². The molecule has 0 spiro atoms. The van der Waals surface area contributed by atoms with Gasteiger partial charge in [-0.1, -0.05) is 6.07 Å². The Balaban J connectivity index is 1.37. The molecule has 3 fully saturated rings. The van der Waals surface area contributed by atoms with Crippen molar-refractivity contribution in [2.45, 2.75) is 19.3 Å². The summed E-state index contributed by atoms with van der Waals surface area (Å²) in [6.07, 6.45) is 3.09. The molecule has 5 rings (SSSR count). The predicted molar refractivity (Wildman–Crippen MR) is 108 cm³/mol. The first kappa shape index (κ1) is 17.9. The maximum Gasteiger partial charge on any atom is 0.255 e. The maximum absolute atomic E-state index is 13.0. The molecule has 0 aromatic heterocycles. The van der Waals surface area contributed by atoms with Crippen molar-refractivity contribution >= 4 is 29.1 Å². The summed E-state index contributed by atoms with van der Waals surface area (Å²) in [7, 11) is 1.58. The average Bonchev–Trinajstić information content (AvgIpc) is 3.42. The van der Waals surface area contributed by atoms with Crippen LogP contribution in [0.1, 0.15) is 29.6 Å². The minimum absolute atomic E-state index is 0.0973. The van der Waals surface area contributed by atoms with Crippen LogP contribution in [0, 0.1) is 23.7 Å². The summed E-state index contributed by atoms with van der Waals surface area (Å²) in [4.78, 5) is 40.0. The predicted octanol–water partition coefficient (Wildman–Crippen LogP) is 3.48. The molecular weight excluding hydrogens is 368 g/mol. The number of nitrogens with one attached hydrogen (secondary N) is 1. The van der Waals surface area contributed by atoms with E-state index in [1.165, 1.54) is 4.90 Å². The maximum atomic E-state index is 13.0. The number of benzene rings is 2. The Hall–Kier alpha value is -3.15. The number of hydrogen-bond donors (Lipinski definition) is 1. The average molecular weight is 390 g/mol. The van der Waals surface area contributed by atoms with Crippen molar-refractivity contribution in [1.82, 2.24) is 0 Å². The minimum Gasteiger partial charge on any atom is -0.497 e. The highest BCUT2D eigenvalue weighted by Crippen LogP contribution is 2.56. The fourth-order valence-electron chi connectivity index (χ4n) is 5.33. The van der Waals surface area contributed by atoms with Crippen molar-refractivity contribution in [3.63, 3.8) is 0 Å². The SMILES string of the molecule is COc1ccc(NC(=O)c2cccc(N3C(=O)[C@H]4[C@@H]5CC[C@@H](C5)[C@@H]4C3=O)c2)cc1. The zero-order valence-electron chi connectivity index (χ0n) is 16.1. The summed E-state index contributed by atoms with van der Waals surface area (Å²) in [5, 5.41) is 2.83. The van der Waals surface area contributed by atoms with Crippen LogP contribution in [0.15, 0.2) is 48.5 Å². The van der Waals surface area contributed by atoms with E-state index in [9.17, 15) is 14.4 Å². The molecule has 6 nitrogen and oxygen atoms in total. The van der Waals surface area contributed by atoms with Gasteiger partial charge in [-0.25, -0.2) is 0 Å². The van der Waals surface area contributed by atoms with Gasteiger partial charge in [0.2, 0.25) is 11.8 Å². The van der Waals surface area contributed by atoms with Gasteiger partial charge < -0.3 is 10.1 Å². The van der Waals surface area contributed by atoms with Gasteiger partial charge >= 0.3 is 0 Å². The first-order valence-electron chi connectivity index (χ1n) is 10.00. The van der Waals surface area contributed by atoms with Gasteiger partial charge in [-0.3, -0.25) is 19.3 Å². The summed E-state index contributed by atoms with van der Waals surface area (Å²) in [6.45, 7) is 0. The highest BCUT2D eigenvalue weighted by atomic mass is 16.5. The van der Waals surface area contributed by atoms with E-state index in [0.29, 0.717) is 34.5 Å². The Morgan fingerprint density at radius 3 is 2.28 bits per heavy atom. The van der Waals surface area contributed by atoms with E-state index in [1.54, 1.807) is 55.6 Å². The summed E-state index contributed by atoms with van der Waals surface area (Å²) < 4.78 is 5.12. The second-order valence-corrected chi connectivity index (χ2v) is 8.13. The van der Waals surface area contributed by atoms with Gasteiger partial charge in [-0.15, -0.1) is 0 Å². The number of methoxy groups -OCH3 is 1. The van der Waals surface area contributed by atoms with Crippen LogP contribution in [0.4, 0.5) is 11.4 Å². The number of ether oxygens (including phenoxy) is 1. The Morgan fingerprint density at radius 2 is 1.66 bits per heavy atom. The lowest BCUT2D eigenvalue weighted by Crippen LogP contribution is -2.33. The lowest BCUT2D eigenvalue weighted by molar-refractivity contribution is -0.123. The zero-order valence-corrected chi connectivity index (χ0v) is 16.1. The van der Waals surface area contributed by atoms with Gasteiger partial charge in [0, 0.05) is 11.3 Å². The molecule has 29 heavy (non-hydrogen) atoms. The summed E-state index contributed by atoms with van der Waals surface area (Å²) >= 11 is 0. The number of imide groups is 1. The third kappa shape index (κ3) is 2.82. The molecule has 3 amide bonds. The third-order valence-corrected chi connectivity index (χ3v) is 6.64. The van der Waals surface area contributed by atoms with Gasteiger partial charge in [-0.05, 0) is 73.6 Å². The third-order valence-electron chi connectivity index (χ3n) is 6.64. The van der Waals surface area contributed by atoms with Crippen LogP contribution in [0.3, 0.4) is 0 Å². The number of hydrogen-bond acceptors (Lipinski definition) is 4. The van der Waals surface area contributed by atoms with Crippen LogP contribution in [0.2, 0.25) is 0 Å². The topological polar surface area (TPSA) is 75.7 Å². The molecule has 3 aliphatic rings. The van der Waals surface area contributed by atoms with Crippen molar-refractivity contribution in [3.8, 4) is 5.75 Å². The largest absolute Gasteiger partial charge is 0.497 e. The quantitative estimate of drug-likeness (QED) is 0.811. The molecule has 148 valence electrons. The highest BCUT2D eigenvalue weighted by Gasteiger charge is 2.61. The van der Waals surface area contributed by atoms with Crippen molar-refractivity contribution in [2.24, 2.45) is 23.7 Å². The molecule has 1 heterocycles. The zero-order chi connectivity index (χ0) is 20.1. The molecular formula is C23H22N2O4. The molecule has 0 unspecified atom stereocenters. The second kappa shape index (κ2) is 6.72. The smallest absolute Gasteiger partial charge is 0.255 e.